The predicted octanol–water partition coefficient (Wildman–Crippen LogP) is 3.67. The van der Waals surface area contributed by atoms with E-state index < -0.39 is 0 Å². The van der Waals surface area contributed by atoms with Gasteiger partial charge in [-0.05, 0) is 12.0 Å². The lowest BCUT2D eigenvalue weighted by atomic mass is 10.2. The fourth-order valence-electron chi connectivity index (χ4n) is 0.945. The number of hydrogen-bond donors (Lipinski definition) is 0. The Balaban J connectivity index is 2.52. The van der Waals surface area contributed by atoms with Crippen molar-refractivity contribution in [3.05, 3.63) is 54.1 Å². The molecular weight excluding hydrogens is 144 g/mol. The van der Waals surface area contributed by atoms with Crippen molar-refractivity contribution in [1.29, 1.82) is 0 Å². The maximum absolute atomic E-state index is 2.14. The van der Waals surface area contributed by atoms with Crippen LogP contribution in [-0.4, -0.2) is 0 Å². The van der Waals surface area contributed by atoms with Gasteiger partial charge in [-0.1, -0.05) is 61.6 Å². The Bertz CT molecular complexity index is 255. The highest BCUT2D eigenvalue weighted by Crippen LogP contribution is 2.00. The van der Waals surface area contributed by atoms with Crippen LogP contribution in [0.2, 0.25) is 0 Å². The van der Waals surface area contributed by atoms with Gasteiger partial charge in [0.15, 0.2) is 0 Å². The molecule has 0 bridgehead atoms. The van der Waals surface area contributed by atoms with Gasteiger partial charge in [0.05, 0.1) is 0 Å². The second kappa shape index (κ2) is 5.36. The molecule has 0 atom stereocenters. The van der Waals surface area contributed by atoms with E-state index in [1.165, 1.54) is 5.56 Å². The Labute approximate surface area is 74.2 Å². The second-order valence-corrected chi connectivity index (χ2v) is 2.61. The Morgan fingerprint density at radius 1 is 1.08 bits per heavy atom. The molecule has 0 amide bonds. The molecule has 0 aliphatic carbocycles. The summed E-state index contributed by atoms with van der Waals surface area (Å²) < 4.78 is 0. The molecule has 0 spiro atoms. The third-order valence-corrected chi connectivity index (χ3v) is 1.57. The largest absolute Gasteiger partial charge is 0.0848 e. The van der Waals surface area contributed by atoms with E-state index in [9.17, 15) is 0 Å². The minimum Gasteiger partial charge on any atom is -0.0848 e. The maximum Gasteiger partial charge on any atom is -0.0257 e. The summed E-state index contributed by atoms with van der Waals surface area (Å²) in [6.07, 6.45) is 9.48. The van der Waals surface area contributed by atoms with Crippen molar-refractivity contribution >= 4 is 6.08 Å². The van der Waals surface area contributed by atoms with E-state index >= 15 is 0 Å². The van der Waals surface area contributed by atoms with E-state index in [0.717, 1.165) is 6.42 Å². The lowest BCUT2D eigenvalue weighted by molar-refractivity contribution is 1.22. The van der Waals surface area contributed by atoms with Gasteiger partial charge in [0.1, 0.15) is 0 Å². The first kappa shape index (κ1) is 8.79. The Morgan fingerprint density at radius 3 is 2.50 bits per heavy atom. The zero-order chi connectivity index (χ0) is 8.65. The molecule has 1 aromatic rings. The zero-order valence-electron chi connectivity index (χ0n) is 7.40. The molecule has 0 heteroatoms. The normalized spacial score (nSPS) is 11.4. The summed E-state index contributed by atoms with van der Waals surface area (Å²) in [5.41, 5.74) is 1.25. The summed E-state index contributed by atoms with van der Waals surface area (Å²) in [6.45, 7) is 2.13. The van der Waals surface area contributed by atoms with Gasteiger partial charge < -0.3 is 0 Å². The van der Waals surface area contributed by atoms with Crippen molar-refractivity contribution in [2.24, 2.45) is 0 Å². The first-order chi connectivity index (χ1) is 5.93. The van der Waals surface area contributed by atoms with Crippen LogP contribution >= 0.6 is 0 Å². The smallest absolute Gasteiger partial charge is 0.0257 e. The van der Waals surface area contributed by atoms with Crippen molar-refractivity contribution in [3.63, 3.8) is 0 Å². The van der Waals surface area contributed by atoms with Crippen LogP contribution in [0, 0.1) is 0 Å². The lowest BCUT2D eigenvalue weighted by Crippen LogP contribution is -1.66. The van der Waals surface area contributed by atoms with Gasteiger partial charge in [0, 0.05) is 0 Å². The van der Waals surface area contributed by atoms with E-state index in [1.54, 1.807) is 0 Å². The van der Waals surface area contributed by atoms with Crippen molar-refractivity contribution in [2.45, 2.75) is 13.3 Å². The molecule has 0 aromatic heterocycles. The van der Waals surface area contributed by atoms with Crippen molar-refractivity contribution in [3.8, 4) is 0 Å². The molecule has 1 aromatic carbocycles. The third kappa shape index (κ3) is 3.20. The first-order valence-corrected chi connectivity index (χ1v) is 4.31. The highest BCUT2D eigenvalue weighted by Gasteiger charge is 1.78. The summed E-state index contributed by atoms with van der Waals surface area (Å²) in [4.78, 5) is 0. The summed E-state index contributed by atoms with van der Waals surface area (Å²) in [6, 6.07) is 10.3. The fourth-order valence-corrected chi connectivity index (χ4v) is 0.945. The van der Waals surface area contributed by atoms with E-state index in [1.807, 2.05) is 18.2 Å². The predicted molar refractivity (Wildman–Crippen MR) is 54.9 cm³/mol. The number of rotatable bonds is 3. The van der Waals surface area contributed by atoms with Gasteiger partial charge in [-0.15, -0.1) is 0 Å². The van der Waals surface area contributed by atoms with E-state index in [2.05, 4.69) is 43.4 Å². The minimum absolute atomic E-state index is 1.10. The molecule has 0 aliphatic rings. The Morgan fingerprint density at radius 2 is 1.83 bits per heavy atom. The number of hydrogen-bond acceptors (Lipinski definition) is 0. The second-order valence-electron chi connectivity index (χ2n) is 2.61. The van der Waals surface area contributed by atoms with Crippen LogP contribution in [0.5, 0.6) is 0 Å². The summed E-state index contributed by atoms with van der Waals surface area (Å²) >= 11 is 0. The number of benzene rings is 1. The van der Waals surface area contributed by atoms with Gasteiger partial charge in [-0.2, -0.15) is 0 Å². The molecule has 0 N–H and O–H groups in total. The summed E-state index contributed by atoms with van der Waals surface area (Å²) in [5, 5.41) is 0. The summed E-state index contributed by atoms with van der Waals surface area (Å²) in [7, 11) is 0. The molecule has 0 saturated heterocycles. The Hall–Kier alpha value is -1.30. The standard InChI is InChI=1S/C12H14/c1-2-3-4-6-9-12-10-7-5-8-11-12/h3-11H,2H2,1H3/b4-3?,9-6+. The maximum atomic E-state index is 2.14. The third-order valence-electron chi connectivity index (χ3n) is 1.57. The highest BCUT2D eigenvalue weighted by molar-refractivity contribution is 5.50. The van der Waals surface area contributed by atoms with Crippen LogP contribution in [0.1, 0.15) is 18.9 Å². The average Bonchev–Trinajstić information content (AvgIpc) is 2.14. The van der Waals surface area contributed by atoms with E-state index in [4.69, 9.17) is 0 Å². The fraction of sp³-hybridized carbons (Fsp3) is 0.167. The number of allylic oxidation sites excluding steroid dienone is 3. The molecule has 1 rings (SSSR count). The van der Waals surface area contributed by atoms with E-state index in [-0.39, 0.29) is 0 Å². The first-order valence-electron chi connectivity index (χ1n) is 4.31. The van der Waals surface area contributed by atoms with Crippen LogP contribution in [-0.2, 0) is 0 Å². The van der Waals surface area contributed by atoms with Gasteiger partial charge in [-0.3, -0.25) is 0 Å². The van der Waals surface area contributed by atoms with Crippen LogP contribution in [0.3, 0.4) is 0 Å². The zero-order valence-corrected chi connectivity index (χ0v) is 7.40. The molecule has 0 heterocycles. The molecule has 0 aliphatic heterocycles. The van der Waals surface area contributed by atoms with Gasteiger partial charge in [0.2, 0.25) is 0 Å². The SMILES string of the molecule is CCC=C/C=C/c1ccccc1. The molecule has 62 valence electrons. The highest BCUT2D eigenvalue weighted by atomic mass is 13.8. The van der Waals surface area contributed by atoms with Crippen LogP contribution < -0.4 is 0 Å². The monoisotopic (exact) mass is 158 g/mol. The molecular formula is C12H14. The summed E-state index contributed by atoms with van der Waals surface area (Å²) in [5.74, 6) is 0. The van der Waals surface area contributed by atoms with Crippen LogP contribution in [0.4, 0.5) is 0 Å². The van der Waals surface area contributed by atoms with Gasteiger partial charge >= 0.3 is 0 Å². The molecule has 0 unspecified atom stereocenters. The van der Waals surface area contributed by atoms with Gasteiger partial charge in [-0.25, -0.2) is 0 Å². The molecule has 0 radical (unpaired) electrons. The molecule has 12 heavy (non-hydrogen) atoms. The minimum atomic E-state index is 1.10. The molecule has 0 fully saturated rings. The topological polar surface area (TPSA) is 0 Å². The molecule has 0 saturated carbocycles. The molecule has 0 nitrogen and oxygen atoms in total. The lowest BCUT2D eigenvalue weighted by Gasteiger charge is -1.87. The van der Waals surface area contributed by atoms with Gasteiger partial charge in [0.25, 0.3) is 0 Å². The van der Waals surface area contributed by atoms with E-state index in [0.29, 0.717) is 0 Å². The van der Waals surface area contributed by atoms with Crippen molar-refractivity contribution < 1.29 is 0 Å². The Kier molecular flexibility index (Phi) is 3.93. The van der Waals surface area contributed by atoms with Crippen LogP contribution in [0.25, 0.3) is 6.08 Å². The average molecular weight is 158 g/mol. The van der Waals surface area contributed by atoms with Crippen molar-refractivity contribution in [1.82, 2.24) is 0 Å². The van der Waals surface area contributed by atoms with Crippen molar-refractivity contribution in [2.75, 3.05) is 0 Å². The van der Waals surface area contributed by atoms with Crippen LogP contribution in [0.15, 0.2) is 48.6 Å². The quantitative estimate of drug-likeness (QED) is 0.589.